The number of ether oxygens (including phenoxy) is 2. The lowest BCUT2D eigenvalue weighted by Crippen LogP contribution is -2.26. The monoisotopic (exact) mass is 391 g/mol. The fraction of sp³-hybridized carbons (Fsp3) is 0.350. The van der Waals surface area contributed by atoms with Crippen LogP contribution in [-0.2, 0) is 21.1 Å². The number of sulfone groups is 1. The summed E-state index contributed by atoms with van der Waals surface area (Å²) in [6.45, 7) is 1.86. The highest BCUT2D eigenvalue weighted by Crippen LogP contribution is 2.28. The maximum Gasteiger partial charge on any atom is 0.220 e. The fourth-order valence-corrected chi connectivity index (χ4v) is 3.33. The second-order valence-electron chi connectivity index (χ2n) is 6.32. The molecule has 0 saturated carbocycles. The van der Waals surface area contributed by atoms with Gasteiger partial charge in [-0.05, 0) is 48.7 Å². The molecule has 0 heterocycles. The van der Waals surface area contributed by atoms with Crippen LogP contribution in [0.15, 0.2) is 47.4 Å². The van der Waals surface area contributed by atoms with E-state index in [9.17, 15) is 13.2 Å². The van der Waals surface area contributed by atoms with Gasteiger partial charge in [-0.15, -0.1) is 0 Å². The highest BCUT2D eigenvalue weighted by Gasteiger charge is 2.12. The summed E-state index contributed by atoms with van der Waals surface area (Å²) in [6.07, 6.45) is 2.08. The quantitative estimate of drug-likeness (QED) is 0.748. The molecule has 0 bridgehead atoms. The Labute approximate surface area is 160 Å². The molecule has 0 aliphatic rings. The van der Waals surface area contributed by atoms with Crippen LogP contribution in [0.4, 0.5) is 0 Å². The molecule has 0 fully saturated rings. The molecule has 0 saturated heterocycles. The van der Waals surface area contributed by atoms with Gasteiger partial charge in [0.05, 0.1) is 25.2 Å². The molecule has 146 valence electrons. The van der Waals surface area contributed by atoms with Gasteiger partial charge in [-0.1, -0.05) is 18.2 Å². The van der Waals surface area contributed by atoms with Gasteiger partial charge in [-0.2, -0.15) is 0 Å². The first-order valence-corrected chi connectivity index (χ1v) is 10.4. The molecule has 0 spiro atoms. The van der Waals surface area contributed by atoms with Gasteiger partial charge in [-0.3, -0.25) is 4.79 Å². The van der Waals surface area contributed by atoms with Gasteiger partial charge >= 0.3 is 0 Å². The van der Waals surface area contributed by atoms with Gasteiger partial charge in [0.2, 0.25) is 5.91 Å². The standard InChI is InChI=1S/C20H25NO5S/c1-14(16-7-9-17(10-8-16)27(4,23)24)21-20(22)12-6-15-5-11-18(25-2)19(13-15)26-3/h5,7-11,13-14H,6,12H2,1-4H3,(H,21,22). The van der Waals surface area contributed by atoms with Crippen molar-refractivity contribution in [2.24, 2.45) is 0 Å². The van der Waals surface area contributed by atoms with Crippen LogP contribution in [0.25, 0.3) is 0 Å². The van der Waals surface area contributed by atoms with E-state index in [1.54, 1.807) is 38.5 Å². The summed E-state index contributed by atoms with van der Waals surface area (Å²) in [5.74, 6) is 1.20. The minimum absolute atomic E-state index is 0.0792. The number of rotatable bonds is 8. The maximum absolute atomic E-state index is 12.2. The number of hydrogen-bond donors (Lipinski definition) is 1. The molecule has 2 aromatic rings. The zero-order chi connectivity index (χ0) is 20.0. The van der Waals surface area contributed by atoms with Crippen LogP contribution >= 0.6 is 0 Å². The number of nitrogens with one attached hydrogen (secondary N) is 1. The third-order valence-corrected chi connectivity index (χ3v) is 5.40. The van der Waals surface area contributed by atoms with Crippen LogP contribution in [-0.4, -0.2) is 34.8 Å². The number of carbonyl (C=O) groups excluding carboxylic acids is 1. The van der Waals surface area contributed by atoms with Gasteiger partial charge in [-0.25, -0.2) is 8.42 Å². The van der Waals surface area contributed by atoms with Gasteiger partial charge in [0.1, 0.15) is 0 Å². The summed E-state index contributed by atoms with van der Waals surface area (Å²) in [6, 6.07) is 11.9. The van der Waals surface area contributed by atoms with Crippen molar-refractivity contribution in [1.82, 2.24) is 5.32 Å². The van der Waals surface area contributed by atoms with Crippen molar-refractivity contribution in [3.05, 3.63) is 53.6 Å². The van der Waals surface area contributed by atoms with E-state index < -0.39 is 9.84 Å². The van der Waals surface area contributed by atoms with Crippen LogP contribution in [0, 0.1) is 0 Å². The molecule has 27 heavy (non-hydrogen) atoms. The molecule has 6 nitrogen and oxygen atoms in total. The number of methoxy groups -OCH3 is 2. The first kappa shape index (κ1) is 20.8. The molecule has 0 aliphatic heterocycles. The number of amides is 1. The molecule has 7 heteroatoms. The molecule has 1 atom stereocenters. The van der Waals surface area contributed by atoms with Crippen LogP contribution in [0.5, 0.6) is 11.5 Å². The summed E-state index contributed by atoms with van der Waals surface area (Å²) < 4.78 is 33.5. The fourth-order valence-electron chi connectivity index (χ4n) is 2.69. The van der Waals surface area contributed by atoms with Crippen molar-refractivity contribution in [1.29, 1.82) is 0 Å². The summed E-state index contributed by atoms with van der Waals surface area (Å²) in [4.78, 5) is 12.5. The molecule has 1 amide bonds. The van der Waals surface area contributed by atoms with E-state index in [1.807, 2.05) is 25.1 Å². The smallest absolute Gasteiger partial charge is 0.220 e. The number of aryl methyl sites for hydroxylation is 1. The second-order valence-corrected chi connectivity index (χ2v) is 8.34. The lowest BCUT2D eigenvalue weighted by molar-refractivity contribution is -0.121. The predicted molar refractivity (Wildman–Crippen MR) is 104 cm³/mol. The van der Waals surface area contributed by atoms with Crippen molar-refractivity contribution in [3.8, 4) is 11.5 Å². The molecule has 0 radical (unpaired) electrons. The van der Waals surface area contributed by atoms with Crippen LogP contribution in [0.1, 0.15) is 30.5 Å². The topological polar surface area (TPSA) is 81.7 Å². The zero-order valence-electron chi connectivity index (χ0n) is 16.0. The highest BCUT2D eigenvalue weighted by molar-refractivity contribution is 7.90. The van der Waals surface area contributed by atoms with Crippen LogP contribution in [0.2, 0.25) is 0 Å². The van der Waals surface area contributed by atoms with E-state index in [-0.39, 0.29) is 16.8 Å². The van der Waals surface area contributed by atoms with E-state index in [0.29, 0.717) is 24.3 Å². The zero-order valence-corrected chi connectivity index (χ0v) is 16.8. The van der Waals surface area contributed by atoms with Crippen molar-refractivity contribution < 1.29 is 22.7 Å². The van der Waals surface area contributed by atoms with Gasteiger partial charge in [0.15, 0.2) is 21.3 Å². The molecular formula is C20H25NO5S. The Morgan fingerprint density at radius 2 is 1.67 bits per heavy atom. The molecule has 1 unspecified atom stereocenters. The molecule has 2 rings (SSSR count). The maximum atomic E-state index is 12.2. The van der Waals surface area contributed by atoms with Crippen molar-refractivity contribution in [2.45, 2.75) is 30.7 Å². The van der Waals surface area contributed by atoms with Crippen molar-refractivity contribution in [2.75, 3.05) is 20.5 Å². The Hall–Kier alpha value is -2.54. The Bertz CT molecular complexity index is 891. The van der Waals surface area contributed by atoms with Crippen LogP contribution < -0.4 is 14.8 Å². The van der Waals surface area contributed by atoms with Crippen molar-refractivity contribution in [3.63, 3.8) is 0 Å². The summed E-state index contributed by atoms with van der Waals surface area (Å²) in [7, 11) is -0.0723. The molecule has 0 aliphatic carbocycles. The third kappa shape index (κ3) is 5.72. The third-order valence-electron chi connectivity index (χ3n) is 4.27. The number of benzene rings is 2. The summed E-state index contributed by atoms with van der Waals surface area (Å²) in [5, 5.41) is 2.93. The molecule has 1 N–H and O–H groups in total. The average Bonchev–Trinajstić information content (AvgIpc) is 2.65. The Kier molecular flexibility index (Phi) is 6.85. The van der Waals surface area contributed by atoms with E-state index in [1.165, 1.54) is 6.26 Å². The largest absolute Gasteiger partial charge is 0.493 e. The lowest BCUT2D eigenvalue weighted by atomic mass is 10.1. The van der Waals surface area contributed by atoms with Gasteiger partial charge in [0.25, 0.3) is 0 Å². The minimum Gasteiger partial charge on any atom is -0.493 e. The molecular weight excluding hydrogens is 366 g/mol. The van der Waals surface area contributed by atoms with E-state index in [4.69, 9.17) is 9.47 Å². The van der Waals surface area contributed by atoms with Gasteiger partial charge < -0.3 is 14.8 Å². The summed E-state index contributed by atoms with van der Waals surface area (Å²) >= 11 is 0. The minimum atomic E-state index is -3.22. The van der Waals surface area contributed by atoms with E-state index in [0.717, 1.165) is 11.1 Å². The number of hydrogen-bond acceptors (Lipinski definition) is 5. The van der Waals surface area contributed by atoms with E-state index >= 15 is 0 Å². The Balaban J connectivity index is 1.93. The Morgan fingerprint density at radius 1 is 1.04 bits per heavy atom. The van der Waals surface area contributed by atoms with Crippen LogP contribution in [0.3, 0.4) is 0 Å². The lowest BCUT2D eigenvalue weighted by Gasteiger charge is -2.15. The second kappa shape index (κ2) is 8.90. The average molecular weight is 391 g/mol. The van der Waals surface area contributed by atoms with Crippen molar-refractivity contribution >= 4 is 15.7 Å². The predicted octanol–water partition coefficient (Wildman–Crippen LogP) is 2.92. The molecule has 0 aromatic heterocycles. The van der Waals surface area contributed by atoms with Gasteiger partial charge in [0, 0.05) is 12.7 Å². The first-order chi connectivity index (χ1) is 12.7. The summed E-state index contributed by atoms with van der Waals surface area (Å²) in [5.41, 5.74) is 1.83. The molecule has 2 aromatic carbocycles. The Morgan fingerprint density at radius 3 is 2.22 bits per heavy atom. The SMILES string of the molecule is COc1ccc(CCC(=O)NC(C)c2ccc(S(C)(=O)=O)cc2)cc1OC. The normalized spacial score (nSPS) is 12.3. The van der Waals surface area contributed by atoms with E-state index in [2.05, 4.69) is 5.32 Å². The number of carbonyl (C=O) groups is 1. The first-order valence-electron chi connectivity index (χ1n) is 8.55. The highest BCUT2D eigenvalue weighted by atomic mass is 32.2.